The number of sulfonamides is 1. The standard InChI is InChI=1S/C11H11ClN2O5S2/c1-7-5-11(13-19-7)14-21(17,18)10-6-8(20(2,15)16)3-4-9(10)12/h3-6H,1-2H3,(H,13,14). The van der Waals surface area contributed by atoms with E-state index in [4.69, 9.17) is 16.1 Å². The summed E-state index contributed by atoms with van der Waals surface area (Å²) in [7, 11) is -7.64. The summed E-state index contributed by atoms with van der Waals surface area (Å²) in [5.41, 5.74) is 0. The Bertz CT molecular complexity index is 887. The van der Waals surface area contributed by atoms with Crippen LogP contribution >= 0.6 is 11.6 Å². The molecule has 1 heterocycles. The maximum absolute atomic E-state index is 12.2. The average molecular weight is 351 g/mol. The van der Waals surface area contributed by atoms with Gasteiger partial charge in [0, 0.05) is 12.3 Å². The smallest absolute Gasteiger partial charge is 0.264 e. The molecule has 0 unspecified atom stereocenters. The SMILES string of the molecule is Cc1cc(NS(=O)(=O)c2cc(S(C)(=O)=O)ccc2Cl)no1. The first-order chi connectivity index (χ1) is 9.59. The third-order valence-corrected chi connectivity index (χ3v) is 5.43. The number of aromatic nitrogens is 1. The monoisotopic (exact) mass is 350 g/mol. The van der Waals surface area contributed by atoms with E-state index >= 15 is 0 Å². The number of anilines is 1. The maximum atomic E-state index is 12.2. The van der Waals surface area contributed by atoms with Crippen molar-refractivity contribution in [3.8, 4) is 0 Å². The molecule has 0 radical (unpaired) electrons. The summed E-state index contributed by atoms with van der Waals surface area (Å²) in [6.07, 6.45) is 0.973. The van der Waals surface area contributed by atoms with Gasteiger partial charge in [0.15, 0.2) is 15.7 Å². The number of nitrogens with zero attached hydrogens (tertiary/aromatic N) is 1. The Kier molecular flexibility index (Phi) is 4.00. The third kappa shape index (κ3) is 3.55. The molecule has 0 bridgehead atoms. The lowest BCUT2D eigenvalue weighted by Gasteiger charge is -2.08. The van der Waals surface area contributed by atoms with E-state index in [2.05, 4.69) is 9.88 Å². The van der Waals surface area contributed by atoms with Crippen molar-refractivity contribution in [2.24, 2.45) is 0 Å². The number of rotatable bonds is 4. The number of benzene rings is 1. The van der Waals surface area contributed by atoms with Crippen LogP contribution in [-0.2, 0) is 19.9 Å². The molecule has 0 saturated heterocycles. The fourth-order valence-corrected chi connectivity index (χ4v) is 3.76. The average Bonchev–Trinajstić information content (AvgIpc) is 2.72. The predicted octanol–water partition coefficient (Wildman–Crippen LogP) is 1.84. The number of hydrogen-bond acceptors (Lipinski definition) is 6. The third-order valence-electron chi connectivity index (χ3n) is 2.49. The predicted molar refractivity (Wildman–Crippen MR) is 76.6 cm³/mol. The van der Waals surface area contributed by atoms with Crippen LogP contribution < -0.4 is 4.72 Å². The summed E-state index contributed by atoms with van der Waals surface area (Å²) in [4.78, 5) is -0.503. The molecule has 0 aliphatic heterocycles. The van der Waals surface area contributed by atoms with E-state index in [1.54, 1.807) is 6.92 Å². The molecular formula is C11H11ClN2O5S2. The molecule has 7 nitrogen and oxygen atoms in total. The number of nitrogens with one attached hydrogen (secondary N) is 1. The molecule has 1 aromatic heterocycles. The highest BCUT2D eigenvalue weighted by atomic mass is 35.5. The maximum Gasteiger partial charge on any atom is 0.264 e. The Labute approximate surface area is 126 Å². The molecular weight excluding hydrogens is 340 g/mol. The summed E-state index contributed by atoms with van der Waals surface area (Å²) < 4.78 is 54.4. The van der Waals surface area contributed by atoms with Crippen molar-refractivity contribution in [3.63, 3.8) is 0 Å². The molecule has 0 aliphatic rings. The van der Waals surface area contributed by atoms with Crippen LogP contribution in [0, 0.1) is 6.92 Å². The summed E-state index contributed by atoms with van der Waals surface area (Å²) in [6, 6.07) is 4.82. The number of halogens is 1. The van der Waals surface area contributed by atoms with Crippen LogP contribution in [0.25, 0.3) is 0 Å². The molecule has 0 saturated carbocycles. The molecule has 0 atom stereocenters. The Morgan fingerprint density at radius 3 is 2.38 bits per heavy atom. The van der Waals surface area contributed by atoms with Crippen LogP contribution in [0.4, 0.5) is 5.82 Å². The van der Waals surface area contributed by atoms with Gasteiger partial charge in [-0.1, -0.05) is 16.8 Å². The van der Waals surface area contributed by atoms with Gasteiger partial charge in [0.1, 0.15) is 10.7 Å². The van der Waals surface area contributed by atoms with Gasteiger partial charge in [0.25, 0.3) is 10.0 Å². The fourth-order valence-electron chi connectivity index (χ4n) is 1.53. The van der Waals surface area contributed by atoms with Gasteiger partial charge in [-0.3, -0.25) is 4.72 Å². The zero-order valence-corrected chi connectivity index (χ0v) is 13.4. The van der Waals surface area contributed by atoms with E-state index in [1.807, 2.05) is 0 Å². The van der Waals surface area contributed by atoms with E-state index in [0.29, 0.717) is 5.76 Å². The molecule has 114 valence electrons. The van der Waals surface area contributed by atoms with E-state index in [-0.39, 0.29) is 20.6 Å². The van der Waals surface area contributed by atoms with Gasteiger partial charge < -0.3 is 4.52 Å². The first kappa shape index (κ1) is 15.8. The molecule has 2 aromatic rings. The van der Waals surface area contributed by atoms with Crippen LogP contribution in [0.3, 0.4) is 0 Å². The number of sulfone groups is 1. The minimum Gasteiger partial charge on any atom is -0.360 e. The van der Waals surface area contributed by atoms with Gasteiger partial charge >= 0.3 is 0 Å². The van der Waals surface area contributed by atoms with Crippen molar-refractivity contribution < 1.29 is 21.4 Å². The van der Waals surface area contributed by atoms with Crippen LogP contribution in [0.5, 0.6) is 0 Å². The fraction of sp³-hybridized carbons (Fsp3) is 0.182. The summed E-state index contributed by atoms with van der Waals surface area (Å²) in [6.45, 7) is 1.60. The highest BCUT2D eigenvalue weighted by Gasteiger charge is 2.22. The second kappa shape index (κ2) is 5.32. The minimum atomic E-state index is -4.08. The van der Waals surface area contributed by atoms with Gasteiger partial charge in [-0.15, -0.1) is 0 Å². The highest BCUT2D eigenvalue weighted by molar-refractivity contribution is 7.93. The largest absolute Gasteiger partial charge is 0.360 e. The van der Waals surface area contributed by atoms with Gasteiger partial charge in [-0.05, 0) is 25.1 Å². The molecule has 0 amide bonds. The Balaban J connectivity index is 2.49. The second-order valence-corrected chi connectivity index (χ2v) is 8.37. The molecule has 1 N–H and O–H groups in total. The van der Waals surface area contributed by atoms with E-state index in [0.717, 1.165) is 12.3 Å². The summed E-state index contributed by atoms with van der Waals surface area (Å²) in [5, 5.41) is 3.40. The molecule has 10 heteroatoms. The highest BCUT2D eigenvalue weighted by Crippen LogP contribution is 2.26. The van der Waals surface area contributed by atoms with Gasteiger partial charge in [-0.2, -0.15) is 0 Å². The molecule has 0 spiro atoms. The van der Waals surface area contributed by atoms with Gasteiger partial charge in [0.05, 0.1) is 9.92 Å². The molecule has 2 rings (SSSR count). The van der Waals surface area contributed by atoms with Crippen LogP contribution in [0.2, 0.25) is 5.02 Å². The first-order valence-corrected chi connectivity index (χ1v) is 9.30. The Morgan fingerprint density at radius 1 is 1.19 bits per heavy atom. The zero-order valence-electron chi connectivity index (χ0n) is 11.0. The van der Waals surface area contributed by atoms with Crippen molar-refractivity contribution in [3.05, 3.63) is 35.0 Å². The van der Waals surface area contributed by atoms with E-state index in [9.17, 15) is 16.8 Å². The molecule has 0 aliphatic carbocycles. The Hall–Kier alpha value is -1.58. The first-order valence-electron chi connectivity index (χ1n) is 5.55. The van der Waals surface area contributed by atoms with Gasteiger partial charge in [0.2, 0.25) is 0 Å². The van der Waals surface area contributed by atoms with Crippen LogP contribution in [0.15, 0.2) is 38.6 Å². The zero-order chi connectivity index (χ0) is 15.8. The molecule has 21 heavy (non-hydrogen) atoms. The van der Waals surface area contributed by atoms with Crippen molar-refractivity contribution in [2.75, 3.05) is 11.0 Å². The van der Waals surface area contributed by atoms with Crippen molar-refractivity contribution in [2.45, 2.75) is 16.7 Å². The van der Waals surface area contributed by atoms with Crippen molar-refractivity contribution in [1.82, 2.24) is 5.16 Å². The minimum absolute atomic E-state index is 0.0201. The quantitative estimate of drug-likeness (QED) is 0.901. The lowest BCUT2D eigenvalue weighted by atomic mass is 10.4. The van der Waals surface area contributed by atoms with Gasteiger partial charge in [-0.25, -0.2) is 16.8 Å². The topological polar surface area (TPSA) is 106 Å². The van der Waals surface area contributed by atoms with Crippen molar-refractivity contribution >= 4 is 37.3 Å². The lowest BCUT2D eigenvalue weighted by molar-refractivity contribution is 0.400. The second-order valence-electron chi connectivity index (χ2n) is 4.29. The summed E-state index contributed by atoms with van der Waals surface area (Å²) in [5.74, 6) is 0.400. The van der Waals surface area contributed by atoms with Crippen molar-refractivity contribution in [1.29, 1.82) is 0 Å². The number of aryl methyl sites for hydroxylation is 1. The normalized spacial score (nSPS) is 12.3. The van der Waals surface area contributed by atoms with Crippen LogP contribution in [-0.4, -0.2) is 28.2 Å². The molecule has 1 aromatic carbocycles. The molecule has 0 fully saturated rings. The lowest BCUT2D eigenvalue weighted by Crippen LogP contribution is -2.14. The van der Waals surface area contributed by atoms with Crippen LogP contribution in [0.1, 0.15) is 5.76 Å². The van der Waals surface area contributed by atoms with E-state index < -0.39 is 19.9 Å². The number of hydrogen-bond donors (Lipinski definition) is 1. The summed E-state index contributed by atoms with van der Waals surface area (Å²) >= 11 is 5.84. The van der Waals surface area contributed by atoms with E-state index in [1.165, 1.54) is 18.2 Å². The Morgan fingerprint density at radius 2 is 1.86 bits per heavy atom.